The number of halogens is 3. The van der Waals surface area contributed by atoms with E-state index in [-0.39, 0.29) is 52.6 Å². The van der Waals surface area contributed by atoms with E-state index in [0.717, 1.165) is 35.6 Å². The van der Waals surface area contributed by atoms with Gasteiger partial charge in [-0.1, -0.05) is 0 Å². The van der Waals surface area contributed by atoms with Crippen molar-refractivity contribution in [2.24, 2.45) is 0 Å². The Kier molecular flexibility index (Phi) is 8.66. The molecule has 0 saturated heterocycles. The van der Waals surface area contributed by atoms with Crippen molar-refractivity contribution in [1.82, 2.24) is 14.5 Å². The molecule has 15 heteroatoms. The number of carboxylic acid groups (broad SMARTS) is 1. The third-order valence-corrected chi connectivity index (χ3v) is 6.77. The summed E-state index contributed by atoms with van der Waals surface area (Å²) in [4.78, 5) is 52.2. The minimum absolute atomic E-state index is 0.0194. The zero-order chi connectivity index (χ0) is 29.8. The molecule has 0 bridgehead atoms. The molecule has 41 heavy (non-hydrogen) atoms. The maximum absolute atomic E-state index is 14.8. The van der Waals surface area contributed by atoms with Crippen molar-refractivity contribution in [3.05, 3.63) is 84.4 Å². The molecule has 4 aromatic rings. The van der Waals surface area contributed by atoms with Crippen LogP contribution in [0.15, 0.2) is 45.3 Å². The Morgan fingerprint density at radius 1 is 1.10 bits per heavy atom. The highest BCUT2D eigenvalue weighted by Crippen LogP contribution is 2.27. The summed E-state index contributed by atoms with van der Waals surface area (Å²) in [7, 11) is 1.47. The maximum atomic E-state index is 14.8. The number of amides is 1. The number of benzene rings is 2. The monoisotopic (exact) mass is 593 g/mol. The smallest absolute Gasteiger partial charge is 0.409 e. The van der Waals surface area contributed by atoms with Gasteiger partial charge in [-0.05, 0) is 31.2 Å². The molecule has 0 aliphatic rings. The largest absolute Gasteiger partial charge is 0.491 e. The van der Waals surface area contributed by atoms with E-state index in [4.69, 9.17) is 14.2 Å². The first-order valence-electron chi connectivity index (χ1n) is 11.9. The Labute approximate surface area is 232 Å². The molecule has 0 fully saturated rings. The van der Waals surface area contributed by atoms with Gasteiger partial charge in [-0.15, -0.1) is 11.3 Å². The first-order chi connectivity index (χ1) is 19.5. The van der Waals surface area contributed by atoms with Gasteiger partial charge < -0.3 is 29.2 Å². The summed E-state index contributed by atoms with van der Waals surface area (Å²) < 4.78 is 59.9. The van der Waals surface area contributed by atoms with Gasteiger partial charge in [-0.2, -0.15) is 0 Å². The molecule has 11 nitrogen and oxygen atoms in total. The van der Waals surface area contributed by atoms with E-state index in [2.05, 4.69) is 4.98 Å². The van der Waals surface area contributed by atoms with Gasteiger partial charge in [-0.3, -0.25) is 4.79 Å². The van der Waals surface area contributed by atoms with Gasteiger partial charge in [0.15, 0.2) is 11.6 Å². The predicted molar refractivity (Wildman–Crippen MR) is 141 cm³/mol. The molecule has 0 radical (unpaired) electrons. The second kappa shape index (κ2) is 12.2. The number of hydrogen-bond donors (Lipinski definition) is 2. The molecular formula is C26H22F3N3O8S. The van der Waals surface area contributed by atoms with E-state index < -0.39 is 53.1 Å². The number of carbonyl (C=O) groups is 2. The number of H-pyrrole nitrogens is 1. The average Bonchev–Trinajstić information content (AvgIpc) is 3.36. The summed E-state index contributed by atoms with van der Waals surface area (Å²) in [5.41, 5.74) is -3.01. The van der Waals surface area contributed by atoms with E-state index >= 15 is 0 Å². The van der Waals surface area contributed by atoms with Gasteiger partial charge in [-0.25, -0.2) is 32.1 Å². The number of carboxylic acids is 1. The summed E-state index contributed by atoms with van der Waals surface area (Å²) in [6, 6.07) is 5.03. The first kappa shape index (κ1) is 29.2. The molecule has 0 aliphatic carbocycles. The second-order valence-electron chi connectivity index (χ2n) is 8.44. The zero-order valence-electron chi connectivity index (χ0n) is 21.5. The van der Waals surface area contributed by atoms with Crippen molar-refractivity contribution >= 4 is 34.3 Å². The molecule has 2 heterocycles. The minimum atomic E-state index is -1.40. The molecular weight excluding hydrogens is 571 g/mol. The van der Waals surface area contributed by atoms with E-state index in [1.807, 2.05) is 0 Å². The number of aromatic nitrogens is 2. The number of rotatable bonds is 10. The average molecular weight is 594 g/mol. The van der Waals surface area contributed by atoms with E-state index in [1.54, 1.807) is 6.92 Å². The quantitative estimate of drug-likeness (QED) is 0.282. The van der Waals surface area contributed by atoms with Crippen LogP contribution in [0.25, 0.3) is 16.6 Å². The second-order valence-corrected chi connectivity index (χ2v) is 9.32. The highest BCUT2D eigenvalue weighted by Gasteiger charge is 2.21. The molecule has 216 valence electrons. The van der Waals surface area contributed by atoms with E-state index in [1.165, 1.54) is 23.4 Å². The molecule has 2 aromatic heterocycles. The first-order valence-corrected chi connectivity index (χ1v) is 12.8. The van der Waals surface area contributed by atoms with Gasteiger partial charge in [0.25, 0.3) is 5.56 Å². The molecule has 0 spiro atoms. The summed E-state index contributed by atoms with van der Waals surface area (Å²) in [5.74, 6) is -5.08. The number of carbonyl (C=O) groups excluding carboxylic acids is 1. The Balaban J connectivity index is 1.61. The third-order valence-electron chi connectivity index (χ3n) is 5.81. The van der Waals surface area contributed by atoms with Crippen LogP contribution in [-0.4, -0.2) is 58.4 Å². The summed E-state index contributed by atoms with van der Waals surface area (Å²) in [6.45, 7) is 1.20. The van der Waals surface area contributed by atoms with Gasteiger partial charge in [0.2, 0.25) is 0 Å². The number of fused-ring (bicyclic) bond motifs is 1. The highest BCUT2D eigenvalue weighted by molar-refractivity contribution is 7.13. The van der Waals surface area contributed by atoms with Crippen LogP contribution < -0.4 is 20.7 Å². The van der Waals surface area contributed by atoms with E-state index in [0.29, 0.717) is 4.57 Å². The van der Waals surface area contributed by atoms with Crippen LogP contribution in [0.4, 0.5) is 18.0 Å². The molecule has 1 amide bonds. The van der Waals surface area contributed by atoms with Crippen LogP contribution in [-0.2, 0) is 11.3 Å². The number of aromatic carboxylic acids is 1. The summed E-state index contributed by atoms with van der Waals surface area (Å²) >= 11 is 0.720. The van der Waals surface area contributed by atoms with Gasteiger partial charge >= 0.3 is 17.8 Å². The van der Waals surface area contributed by atoms with Crippen molar-refractivity contribution in [2.75, 3.05) is 26.8 Å². The highest BCUT2D eigenvalue weighted by atomic mass is 32.1. The summed E-state index contributed by atoms with van der Waals surface area (Å²) in [5, 5.41) is 10.3. The van der Waals surface area contributed by atoms with Crippen molar-refractivity contribution < 1.29 is 42.1 Å². The number of hydrogen-bond acceptors (Lipinski definition) is 8. The Morgan fingerprint density at radius 3 is 2.54 bits per heavy atom. The third kappa shape index (κ3) is 6.04. The lowest BCUT2D eigenvalue weighted by Crippen LogP contribution is -2.34. The van der Waals surface area contributed by atoms with Crippen molar-refractivity contribution in [2.45, 2.75) is 13.5 Å². The van der Waals surface area contributed by atoms with Gasteiger partial charge in [0, 0.05) is 18.5 Å². The normalized spacial score (nSPS) is 11.0. The molecule has 0 aliphatic heterocycles. The number of likely N-dealkylation sites (N-methyl/N-ethyl adjacent to an activating group) is 1. The number of nitrogens with zero attached hydrogens (tertiary/aromatic N) is 2. The van der Waals surface area contributed by atoms with Crippen LogP contribution in [0.5, 0.6) is 11.5 Å². The van der Waals surface area contributed by atoms with Crippen molar-refractivity contribution in [3.8, 4) is 17.2 Å². The lowest BCUT2D eigenvalue weighted by atomic mass is 10.2. The predicted octanol–water partition coefficient (Wildman–Crippen LogP) is 3.90. The number of nitrogens with one attached hydrogen (secondary N) is 1. The van der Waals surface area contributed by atoms with Crippen LogP contribution in [0.1, 0.15) is 22.2 Å². The Hall–Kier alpha value is -4.79. The number of aromatic amines is 1. The molecule has 2 N–H and O–H groups in total. The molecule has 2 aromatic carbocycles. The van der Waals surface area contributed by atoms with Crippen molar-refractivity contribution in [3.63, 3.8) is 0 Å². The SMILES string of the molecule is CCOC(=O)N(C)CCOc1ccc(F)c(F)c1COc1ccc(F)c(-n2c(=O)[nH]c3csc(C(=O)O)c3c2=O)c1. The van der Waals surface area contributed by atoms with Crippen LogP contribution in [0.2, 0.25) is 0 Å². The number of ether oxygens (including phenoxy) is 3. The maximum Gasteiger partial charge on any atom is 0.409 e. The minimum Gasteiger partial charge on any atom is -0.491 e. The lowest BCUT2D eigenvalue weighted by Gasteiger charge is -2.18. The van der Waals surface area contributed by atoms with Crippen LogP contribution in [0.3, 0.4) is 0 Å². The van der Waals surface area contributed by atoms with Crippen LogP contribution >= 0.6 is 11.3 Å². The topological polar surface area (TPSA) is 140 Å². The van der Waals surface area contributed by atoms with Gasteiger partial charge in [0.1, 0.15) is 35.4 Å². The lowest BCUT2D eigenvalue weighted by molar-refractivity contribution is 0.0703. The zero-order valence-corrected chi connectivity index (χ0v) is 22.4. The van der Waals surface area contributed by atoms with E-state index in [9.17, 15) is 37.5 Å². The Morgan fingerprint density at radius 2 is 1.83 bits per heavy atom. The molecule has 4 rings (SSSR count). The van der Waals surface area contributed by atoms with Gasteiger partial charge in [0.05, 0.1) is 35.3 Å². The fourth-order valence-corrected chi connectivity index (χ4v) is 4.61. The Bertz CT molecular complexity index is 1750. The molecule has 0 unspecified atom stereocenters. The molecule has 0 atom stereocenters. The summed E-state index contributed by atoms with van der Waals surface area (Å²) in [6.07, 6.45) is -0.590. The van der Waals surface area contributed by atoms with Crippen LogP contribution in [0, 0.1) is 17.5 Å². The number of thiophene rings is 1. The fourth-order valence-electron chi connectivity index (χ4n) is 3.78. The molecule has 0 saturated carbocycles. The standard InChI is InChI=1S/C26H22F3N3O8S/c1-3-38-26(37)31(2)8-9-39-19-7-6-16(28)21(29)14(19)11-40-13-4-5-15(27)18(10-13)32-23(33)20-17(30-25(32)36)12-41-22(20)24(34)35/h4-7,10,12H,3,8-9,11H2,1-2H3,(H,30,36)(H,34,35). The van der Waals surface area contributed by atoms with Crippen molar-refractivity contribution in [1.29, 1.82) is 0 Å². The fraction of sp³-hybridized carbons (Fsp3) is 0.231.